The van der Waals surface area contributed by atoms with Crippen LogP contribution in [0.15, 0.2) is 52.9 Å². The van der Waals surface area contributed by atoms with Crippen LogP contribution in [0.4, 0.5) is 9.52 Å². The Hall–Kier alpha value is -2.16. The Kier molecular flexibility index (Phi) is 7.24. The number of benzene rings is 2. The van der Waals surface area contributed by atoms with Gasteiger partial charge in [-0.05, 0) is 30.2 Å². The van der Waals surface area contributed by atoms with Gasteiger partial charge in [-0.15, -0.1) is 10.2 Å². The molecule has 1 aromatic heterocycles. The summed E-state index contributed by atoms with van der Waals surface area (Å²) in [5, 5.41) is 11.8. The molecule has 0 fully saturated rings. The second kappa shape index (κ2) is 9.86. The Morgan fingerprint density at radius 3 is 2.75 bits per heavy atom. The van der Waals surface area contributed by atoms with Crippen molar-refractivity contribution in [2.24, 2.45) is 0 Å². The van der Waals surface area contributed by atoms with Crippen molar-refractivity contribution >= 4 is 45.7 Å². The van der Waals surface area contributed by atoms with Crippen molar-refractivity contribution < 1.29 is 13.9 Å². The summed E-state index contributed by atoms with van der Waals surface area (Å²) in [6, 6.07) is 13.6. The van der Waals surface area contributed by atoms with Crippen LogP contribution >= 0.6 is 34.7 Å². The highest BCUT2D eigenvalue weighted by Gasteiger charge is 2.21. The first-order chi connectivity index (χ1) is 13.6. The standard InChI is InChI=1S/C19H17ClFN3O2S2/c1-2-15(26-16-10-6-5-9-14(16)21)17(25)22-18-23-24-19(28-18)27-11-12-7-3-4-8-13(12)20/h3-10,15H,2,11H2,1H3,(H,22,23,25). The van der Waals surface area contributed by atoms with Crippen LogP contribution in [0.2, 0.25) is 5.02 Å². The minimum atomic E-state index is -0.833. The van der Waals surface area contributed by atoms with E-state index in [1.54, 1.807) is 19.1 Å². The van der Waals surface area contributed by atoms with E-state index in [1.807, 2.05) is 24.3 Å². The van der Waals surface area contributed by atoms with Crippen molar-refractivity contribution in [3.8, 4) is 5.75 Å². The maximum atomic E-state index is 13.7. The quantitative estimate of drug-likeness (QED) is 0.376. The summed E-state index contributed by atoms with van der Waals surface area (Å²) in [4.78, 5) is 12.4. The zero-order chi connectivity index (χ0) is 19.9. The molecule has 1 unspecified atom stereocenters. The van der Waals surface area contributed by atoms with Crippen molar-refractivity contribution in [3.05, 3.63) is 64.9 Å². The Labute approximate surface area is 175 Å². The van der Waals surface area contributed by atoms with Crippen LogP contribution in [0.3, 0.4) is 0 Å². The molecule has 0 aliphatic heterocycles. The third kappa shape index (κ3) is 5.43. The van der Waals surface area contributed by atoms with E-state index in [9.17, 15) is 9.18 Å². The highest BCUT2D eigenvalue weighted by atomic mass is 35.5. The van der Waals surface area contributed by atoms with Gasteiger partial charge in [0.05, 0.1) is 0 Å². The number of anilines is 1. The summed E-state index contributed by atoms with van der Waals surface area (Å²) in [5.41, 5.74) is 0.999. The molecule has 0 aliphatic carbocycles. The fourth-order valence-corrected chi connectivity index (χ4v) is 4.32. The maximum Gasteiger partial charge on any atom is 0.267 e. The van der Waals surface area contributed by atoms with E-state index in [1.165, 1.54) is 35.2 Å². The lowest BCUT2D eigenvalue weighted by atomic mass is 10.2. The van der Waals surface area contributed by atoms with E-state index in [-0.39, 0.29) is 5.75 Å². The van der Waals surface area contributed by atoms with Gasteiger partial charge in [0.25, 0.3) is 5.91 Å². The van der Waals surface area contributed by atoms with E-state index in [4.69, 9.17) is 16.3 Å². The third-order valence-corrected chi connectivity index (χ3v) is 6.10. The SMILES string of the molecule is CCC(Oc1ccccc1F)C(=O)Nc1nnc(SCc2ccccc2Cl)s1. The number of para-hydroxylation sites is 1. The fraction of sp³-hybridized carbons (Fsp3) is 0.211. The van der Waals surface area contributed by atoms with Crippen LogP contribution in [0.25, 0.3) is 0 Å². The smallest absolute Gasteiger partial charge is 0.267 e. The number of carbonyl (C=O) groups excluding carboxylic acids is 1. The van der Waals surface area contributed by atoms with Gasteiger partial charge in [-0.1, -0.05) is 72.0 Å². The van der Waals surface area contributed by atoms with E-state index in [0.717, 1.165) is 5.56 Å². The number of amides is 1. The molecule has 5 nitrogen and oxygen atoms in total. The second-order valence-electron chi connectivity index (χ2n) is 5.69. The largest absolute Gasteiger partial charge is 0.478 e. The predicted molar refractivity (Wildman–Crippen MR) is 111 cm³/mol. The van der Waals surface area contributed by atoms with Crippen molar-refractivity contribution in [3.63, 3.8) is 0 Å². The van der Waals surface area contributed by atoms with Gasteiger partial charge in [0.1, 0.15) is 0 Å². The van der Waals surface area contributed by atoms with Gasteiger partial charge in [0.15, 0.2) is 22.0 Å². The first kappa shape index (κ1) is 20.6. The number of halogens is 2. The molecule has 9 heteroatoms. The van der Waals surface area contributed by atoms with E-state index >= 15 is 0 Å². The van der Waals surface area contributed by atoms with Crippen molar-refractivity contribution in [1.82, 2.24) is 10.2 Å². The van der Waals surface area contributed by atoms with Gasteiger partial charge in [0.2, 0.25) is 5.13 Å². The summed E-state index contributed by atoms with van der Waals surface area (Å²) in [7, 11) is 0. The molecular formula is C19H17ClFN3O2S2. The van der Waals surface area contributed by atoms with Crippen LogP contribution in [-0.4, -0.2) is 22.2 Å². The lowest BCUT2D eigenvalue weighted by Crippen LogP contribution is -2.32. The minimum absolute atomic E-state index is 0.0396. The molecule has 1 heterocycles. The van der Waals surface area contributed by atoms with Gasteiger partial charge in [-0.25, -0.2) is 4.39 Å². The Morgan fingerprint density at radius 2 is 2.00 bits per heavy atom. The highest BCUT2D eigenvalue weighted by molar-refractivity contribution is 8.00. The highest BCUT2D eigenvalue weighted by Crippen LogP contribution is 2.30. The monoisotopic (exact) mass is 437 g/mol. The number of nitrogens with zero attached hydrogens (tertiary/aromatic N) is 2. The molecule has 1 atom stereocenters. The molecule has 0 radical (unpaired) electrons. The summed E-state index contributed by atoms with van der Waals surface area (Å²) in [6.45, 7) is 1.79. The topological polar surface area (TPSA) is 64.1 Å². The molecule has 0 bridgehead atoms. The van der Waals surface area contributed by atoms with Crippen LogP contribution in [0, 0.1) is 5.82 Å². The van der Waals surface area contributed by atoms with Crippen LogP contribution in [-0.2, 0) is 10.5 Å². The van der Waals surface area contributed by atoms with Crippen LogP contribution < -0.4 is 10.1 Å². The number of aromatic nitrogens is 2. The van der Waals surface area contributed by atoms with E-state index in [0.29, 0.717) is 26.7 Å². The summed E-state index contributed by atoms with van der Waals surface area (Å²) < 4.78 is 20.0. The number of rotatable bonds is 8. The molecule has 1 amide bonds. The normalized spacial score (nSPS) is 11.8. The Morgan fingerprint density at radius 1 is 1.25 bits per heavy atom. The molecule has 2 aromatic carbocycles. The first-order valence-corrected chi connectivity index (χ1v) is 10.7. The van der Waals surface area contributed by atoms with Crippen LogP contribution in [0.1, 0.15) is 18.9 Å². The predicted octanol–water partition coefficient (Wildman–Crippen LogP) is 5.42. The lowest BCUT2D eigenvalue weighted by molar-refractivity contribution is -0.122. The number of carbonyl (C=O) groups is 1. The van der Waals surface area contributed by atoms with Gasteiger partial charge in [-0.2, -0.15) is 0 Å². The molecule has 0 saturated carbocycles. The number of thioether (sulfide) groups is 1. The van der Waals surface area contributed by atoms with Gasteiger partial charge >= 0.3 is 0 Å². The average molecular weight is 438 g/mol. The fourth-order valence-electron chi connectivity index (χ4n) is 2.28. The van der Waals surface area contributed by atoms with Gasteiger partial charge in [-0.3, -0.25) is 10.1 Å². The first-order valence-electron chi connectivity index (χ1n) is 8.48. The third-order valence-electron chi connectivity index (χ3n) is 3.71. The summed E-state index contributed by atoms with van der Waals surface area (Å²) in [5.74, 6) is -0.221. The van der Waals surface area contributed by atoms with Crippen molar-refractivity contribution in [2.45, 2.75) is 29.5 Å². The molecular weight excluding hydrogens is 421 g/mol. The molecule has 0 aliphatic rings. The zero-order valence-electron chi connectivity index (χ0n) is 14.9. The van der Waals surface area contributed by atoms with Crippen molar-refractivity contribution in [1.29, 1.82) is 0 Å². The zero-order valence-corrected chi connectivity index (χ0v) is 17.3. The molecule has 28 heavy (non-hydrogen) atoms. The second-order valence-corrected chi connectivity index (χ2v) is 8.29. The molecule has 0 spiro atoms. The number of ether oxygens (including phenoxy) is 1. The lowest BCUT2D eigenvalue weighted by Gasteiger charge is -2.16. The Bertz CT molecular complexity index is 954. The number of hydrogen-bond acceptors (Lipinski definition) is 6. The maximum absolute atomic E-state index is 13.7. The van der Waals surface area contributed by atoms with E-state index < -0.39 is 17.8 Å². The number of hydrogen-bond donors (Lipinski definition) is 1. The Balaban J connectivity index is 1.58. The number of nitrogens with one attached hydrogen (secondary N) is 1. The molecule has 0 saturated heterocycles. The van der Waals surface area contributed by atoms with Gasteiger partial charge < -0.3 is 4.74 Å². The molecule has 1 N–H and O–H groups in total. The molecule has 3 aromatic rings. The molecule has 146 valence electrons. The summed E-state index contributed by atoms with van der Waals surface area (Å²) >= 11 is 8.89. The van der Waals surface area contributed by atoms with Crippen molar-refractivity contribution in [2.75, 3.05) is 5.32 Å². The molecule has 3 rings (SSSR count). The van der Waals surface area contributed by atoms with E-state index in [2.05, 4.69) is 15.5 Å². The average Bonchev–Trinajstić information content (AvgIpc) is 3.14. The minimum Gasteiger partial charge on any atom is -0.478 e. The summed E-state index contributed by atoms with van der Waals surface area (Å²) in [6.07, 6.45) is -0.451. The van der Waals surface area contributed by atoms with Gasteiger partial charge in [0, 0.05) is 10.8 Å². The van der Waals surface area contributed by atoms with Crippen LogP contribution in [0.5, 0.6) is 5.75 Å².